The molecule has 0 heterocycles. The van der Waals surface area contributed by atoms with Crippen LogP contribution in [0.4, 0.5) is 11.4 Å². The average molecular weight is 614 g/mol. The van der Waals surface area contributed by atoms with Crippen LogP contribution in [-0.4, -0.2) is 24.5 Å². The highest BCUT2D eigenvalue weighted by Gasteiger charge is 2.16. The molecule has 10 nitrogen and oxygen atoms in total. The lowest BCUT2D eigenvalue weighted by Crippen LogP contribution is -2.13. The number of anilines is 1. The molecule has 224 valence electrons. The van der Waals surface area contributed by atoms with Gasteiger partial charge in [-0.25, -0.2) is 0 Å². The molecule has 0 radical (unpaired) electrons. The number of carbonyl (C=O) groups is 1. The maximum Gasteiger partial charge on any atom is 0.271 e. The van der Waals surface area contributed by atoms with Crippen LogP contribution in [0.2, 0.25) is 5.02 Å². The predicted molar refractivity (Wildman–Crippen MR) is 166 cm³/mol. The summed E-state index contributed by atoms with van der Waals surface area (Å²) in [6.45, 7) is 2.88. The van der Waals surface area contributed by atoms with Crippen molar-refractivity contribution < 1.29 is 28.7 Å². The molecule has 4 aromatic rings. The van der Waals surface area contributed by atoms with Crippen molar-refractivity contribution in [2.45, 2.75) is 20.1 Å². The highest BCUT2D eigenvalue weighted by Crippen LogP contribution is 2.38. The van der Waals surface area contributed by atoms with Gasteiger partial charge in [-0.1, -0.05) is 54.1 Å². The third-order valence-corrected chi connectivity index (χ3v) is 6.45. The Labute approximate surface area is 259 Å². The molecule has 0 fully saturated rings. The van der Waals surface area contributed by atoms with Gasteiger partial charge in [-0.2, -0.15) is 5.26 Å². The topological polar surface area (TPSA) is 133 Å². The summed E-state index contributed by atoms with van der Waals surface area (Å²) in [5.74, 6) is 0.996. The van der Waals surface area contributed by atoms with Crippen molar-refractivity contribution in [3.63, 3.8) is 0 Å². The second kappa shape index (κ2) is 15.1. The summed E-state index contributed by atoms with van der Waals surface area (Å²) in [6, 6.07) is 25.7. The molecule has 44 heavy (non-hydrogen) atoms. The van der Waals surface area contributed by atoms with Crippen LogP contribution < -0.4 is 24.3 Å². The molecule has 0 saturated heterocycles. The van der Waals surface area contributed by atoms with Crippen molar-refractivity contribution in [2.75, 3.05) is 19.0 Å². The van der Waals surface area contributed by atoms with E-state index in [0.717, 1.165) is 11.1 Å². The normalized spacial score (nSPS) is 10.8. The van der Waals surface area contributed by atoms with Crippen LogP contribution in [0.15, 0.2) is 90.5 Å². The number of nitro benzene ring substituents is 1. The molecule has 0 unspecified atom stereocenters. The largest absolute Gasteiger partial charge is 0.493 e. The standard InChI is InChI=1S/C33H28ClN3O7/c1-3-42-30-16-23(12-13-29(30)43-20-22-8-5-4-6-9-22)21-44-32-28(34)15-24(17-31(32)41-2)14-25(19-35)33(38)36-26-10-7-11-27(18-26)37(39)40/h4-18H,3,20-21H2,1-2H3,(H,36,38)/b25-14-. The van der Waals surface area contributed by atoms with Crippen LogP contribution in [0.3, 0.4) is 0 Å². The Morgan fingerprint density at radius 3 is 2.41 bits per heavy atom. The quantitative estimate of drug-likeness (QED) is 0.0715. The van der Waals surface area contributed by atoms with E-state index < -0.39 is 10.8 Å². The van der Waals surface area contributed by atoms with Crippen LogP contribution in [0.5, 0.6) is 23.0 Å². The number of hydrogen-bond donors (Lipinski definition) is 1. The molecule has 11 heteroatoms. The Morgan fingerprint density at radius 2 is 1.70 bits per heavy atom. The van der Waals surface area contributed by atoms with Gasteiger partial charge in [0.2, 0.25) is 0 Å². The Hall–Kier alpha value is -5.53. The summed E-state index contributed by atoms with van der Waals surface area (Å²) in [7, 11) is 1.44. The number of non-ortho nitro benzene ring substituents is 1. The first-order valence-corrected chi connectivity index (χ1v) is 13.8. The van der Waals surface area contributed by atoms with E-state index in [2.05, 4.69) is 5.32 Å². The number of carbonyl (C=O) groups excluding carboxylic acids is 1. The molecule has 1 amide bonds. The number of nitriles is 1. The minimum atomic E-state index is -0.746. The van der Waals surface area contributed by atoms with E-state index in [1.165, 1.54) is 43.5 Å². The van der Waals surface area contributed by atoms with E-state index in [9.17, 15) is 20.2 Å². The SMILES string of the molecule is CCOc1cc(COc2c(Cl)cc(/C=C(/C#N)C(=O)Nc3cccc([N+](=O)[O-])c3)cc2OC)ccc1OCc1ccccc1. The van der Waals surface area contributed by atoms with E-state index in [0.29, 0.717) is 30.3 Å². The van der Waals surface area contributed by atoms with E-state index in [-0.39, 0.29) is 40.1 Å². The Morgan fingerprint density at radius 1 is 0.932 bits per heavy atom. The third-order valence-electron chi connectivity index (χ3n) is 6.17. The Bertz CT molecular complexity index is 1720. The van der Waals surface area contributed by atoms with Crippen molar-refractivity contribution in [3.8, 4) is 29.1 Å². The van der Waals surface area contributed by atoms with Crippen LogP contribution in [0.1, 0.15) is 23.6 Å². The summed E-state index contributed by atoms with van der Waals surface area (Å²) >= 11 is 6.54. The van der Waals surface area contributed by atoms with Crippen molar-refractivity contribution in [2.24, 2.45) is 0 Å². The molecule has 4 rings (SSSR count). The van der Waals surface area contributed by atoms with E-state index in [1.54, 1.807) is 6.07 Å². The van der Waals surface area contributed by atoms with E-state index >= 15 is 0 Å². The van der Waals surface area contributed by atoms with Crippen LogP contribution in [0.25, 0.3) is 6.08 Å². The molecule has 0 bridgehead atoms. The third kappa shape index (κ3) is 8.27. The van der Waals surface area contributed by atoms with Crippen molar-refractivity contribution in [1.82, 2.24) is 0 Å². The van der Waals surface area contributed by atoms with Crippen LogP contribution >= 0.6 is 11.6 Å². The molecule has 1 N–H and O–H groups in total. The lowest BCUT2D eigenvalue weighted by atomic mass is 10.1. The number of amides is 1. The summed E-state index contributed by atoms with van der Waals surface area (Å²) in [5, 5.41) is 23.3. The first-order chi connectivity index (χ1) is 21.3. The fraction of sp³-hybridized carbons (Fsp3) is 0.152. The zero-order valence-electron chi connectivity index (χ0n) is 23.9. The molecule has 0 saturated carbocycles. The fourth-order valence-electron chi connectivity index (χ4n) is 4.09. The van der Waals surface area contributed by atoms with Crippen molar-refractivity contribution >= 4 is 35.0 Å². The molecule has 0 aromatic heterocycles. The van der Waals surface area contributed by atoms with Gasteiger partial charge < -0.3 is 24.3 Å². The summed E-state index contributed by atoms with van der Waals surface area (Å²) in [6.07, 6.45) is 1.33. The average Bonchev–Trinajstić information content (AvgIpc) is 3.03. The zero-order chi connectivity index (χ0) is 31.5. The van der Waals surface area contributed by atoms with Crippen molar-refractivity contribution in [3.05, 3.63) is 122 Å². The number of hydrogen-bond acceptors (Lipinski definition) is 8. The highest BCUT2D eigenvalue weighted by atomic mass is 35.5. The lowest BCUT2D eigenvalue weighted by Gasteiger charge is -2.16. The molecule has 0 atom stereocenters. The summed E-state index contributed by atoms with van der Waals surface area (Å²) in [5.41, 5.74) is 1.97. The maximum absolute atomic E-state index is 12.7. The first-order valence-electron chi connectivity index (χ1n) is 13.4. The van der Waals surface area contributed by atoms with Gasteiger partial charge in [0.1, 0.15) is 24.9 Å². The first kappa shape index (κ1) is 31.4. The number of nitrogens with one attached hydrogen (secondary N) is 1. The van der Waals surface area contributed by atoms with Gasteiger partial charge in [0.15, 0.2) is 23.0 Å². The number of halogens is 1. The predicted octanol–water partition coefficient (Wildman–Crippen LogP) is 7.36. The number of methoxy groups -OCH3 is 1. The Kier molecular flexibility index (Phi) is 10.8. The van der Waals surface area contributed by atoms with E-state index in [1.807, 2.05) is 61.5 Å². The van der Waals surface area contributed by atoms with Gasteiger partial charge >= 0.3 is 0 Å². The van der Waals surface area contributed by atoms with Crippen LogP contribution in [-0.2, 0) is 18.0 Å². The number of ether oxygens (including phenoxy) is 4. The monoisotopic (exact) mass is 613 g/mol. The minimum Gasteiger partial charge on any atom is -0.493 e. The second-order valence-electron chi connectivity index (χ2n) is 9.24. The molecular formula is C33H28ClN3O7. The number of nitrogens with zero attached hydrogens (tertiary/aromatic N) is 2. The highest BCUT2D eigenvalue weighted by molar-refractivity contribution is 6.32. The molecule has 4 aromatic carbocycles. The summed E-state index contributed by atoms with van der Waals surface area (Å²) in [4.78, 5) is 23.2. The molecule has 0 aliphatic heterocycles. The maximum atomic E-state index is 12.7. The number of benzene rings is 4. The zero-order valence-corrected chi connectivity index (χ0v) is 24.7. The molecular weight excluding hydrogens is 586 g/mol. The van der Waals surface area contributed by atoms with E-state index in [4.69, 9.17) is 30.5 Å². The van der Waals surface area contributed by atoms with Gasteiger partial charge in [-0.05, 0) is 60.0 Å². The van der Waals surface area contributed by atoms with Crippen LogP contribution in [0, 0.1) is 21.4 Å². The summed E-state index contributed by atoms with van der Waals surface area (Å²) < 4.78 is 23.3. The second-order valence-corrected chi connectivity index (χ2v) is 9.65. The number of rotatable bonds is 13. The Balaban J connectivity index is 1.48. The molecule has 0 aliphatic carbocycles. The van der Waals surface area contributed by atoms with Gasteiger partial charge in [0, 0.05) is 17.8 Å². The van der Waals surface area contributed by atoms with Gasteiger partial charge in [-0.3, -0.25) is 14.9 Å². The smallest absolute Gasteiger partial charge is 0.271 e. The van der Waals surface area contributed by atoms with Crippen molar-refractivity contribution in [1.29, 1.82) is 5.26 Å². The molecule has 0 aliphatic rings. The van der Waals surface area contributed by atoms with Gasteiger partial charge in [0.05, 0.1) is 23.7 Å². The minimum absolute atomic E-state index is 0.138. The van der Waals surface area contributed by atoms with Gasteiger partial charge in [-0.15, -0.1) is 0 Å². The van der Waals surface area contributed by atoms with Gasteiger partial charge in [0.25, 0.3) is 11.6 Å². The number of nitro groups is 1. The molecule has 0 spiro atoms. The fourth-order valence-corrected chi connectivity index (χ4v) is 4.37. The lowest BCUT2D eigenvalue weighted by molar-refractivity contribution is -0.384.